The molecule has 1 atom stereocenters. The van der Waals surface area contributed by atoms with E-state index in [0.29, 0.717) is 29.2 Å². The number of rotatable bonds is 8. The van der Waals surface area contributed by atoms with Gasteiger partial charge < -0.3 is 10.6 Å². The quantitative estimate of drug-likeness (QED) is 0.550. The summed E-state index contributed by atoms with van der Waals surface area (Å²) in [7, 11) is -3.49. The molecule has 1 saturated heterocycles. The molecule has 1 fully saturated rings. The fourth-order valence-corrected chi connectivity index (χ4v) is 4.63. The Kier molecular flexibility index (Phi) is 7.73. The van der Waals surface area contributed by atoms with Crippen LogP contribution in [-0.2, 0) is 22.7 Å². The van der Waals surface area contributed by atoms with Crippen LogP contribution in [0.25, 0.3) is 0 Å². The van der Waals surface area contributed by atoms with Gasteiger partial charge in [0.1, 0.15) is 5.69 Å². The fourth-order valence-electron chi connectivity index (χ4n) is 3.39. The van der Waals surface area contributed by atoms with Gasteiger partial charge >= 0.3 is 6.18 Å². The van der Waals surface area contributed by atoms with Crippen LogP contribution in [0.1, 0.15) is 40.9 Å². The van der Waals surface area contributed by atoms with Crippen molar-refractivity contribution >= 4 is 21.6 Å². The van der Waals surface area contributed by atoms with E-state index < -0.39 is 27.8 Å². The Bertz CT molecular complexity index is 1000. The lowest BCUT2D eigenvalue weighted by Crippen LogP contribution is -2.31. The van der Waals surface area contributed by atoms with Crippen LogP contribution in [0.3, 0.4) is 0 Å². The molecule has 3 N–H and O–H groups in total. The molecule has 0 bridgehead atoms. The molecule has 1 aromatic heterocycles. The lowest BCUT2D eigenvalue weighted by Gasteiger charge is -2.22. The van der Waals surface area contributed by atoms with Crippen LogP contribution < -0.4 is 15.4 Å². The van der Waals surface area contributed by atoms with Crippen molar-refractivity contribution in [2.75, 3.05) is 23.6 Å². The third kappa shape index (κ3) is 7.20. The molecule has 1 unspecified atom stereocenters. The number of hydrogen-bond acceptors (Lipinski definition) is 5. The third-order valence-corrected chi connectivity index (χ3v) is 6.50. The van der Waals surface area contributed by atoms with Gasteiger partial charge in [-0.05, 0) is 74.2 Å². The summed E-state index contributed by atoms with van der Waals surface area (Å²) in [6.45, 7) is 1.82. The molecular formula is C21H25F3N4O3S. The predicted octanol–water partition coefficient (Wildman–Crippen LogP) is 3.16. The van der Waals surface area contributed by atoms with Crippen LogP contribution in [0, 0.1) is 5.92 Å². The fraction of sp³-hybridized carbons (Fsp3) is 0.429. The second-order valence-corrected chi connectivity index (χ2v) is 9.57. The smallest absolute Gasteiger partial charge is 0.348 e. The first-order valence-corrected chi connectivity index (χ1v) is 11.9. The van der Waals surface area contributed by atoms with Gasteiger partial charge in [0.05, 0.1) is 5.75 Å². The average molecular weight is 471 g/mol. The van der Waals surface area contributed by atoms with Gasteiger partial charge in [-0.1, -0.05) is 6.07 Å². The van der Waals surface area contributed by atoms with Crippen molar-refractivity contribution < 1.29 is 26.4 Å². The van der Waals surface area contributed by atoms with Crippen molar-refractivity contribution in [1.29, 1.82) is 0 Å². The van der Waals surface area contributed by atoms with E-state index in [1.54, 1.807) is 0 Å². The molecule has 2 aromatic rings. The first kappa shape index (κ1) is 24.0. The molecule has 0 spiro atoms. The SMILES string of the molecule is O=C(NCc1ccc(C(F)(F)F)nc1)c1ccc(NS(=O)(=O)CCC2CCCNC2)cc1. The van der Waals surface area contributed by atoms with E-state index in [1.807, 2.05) is 0 Å². The maximum Gasteiger partial charge on any atom is 0.433 e. The van der Waals surface area contributed by atoms with Gasteiger partial charge in [-0.2, -0.15) is 13.2 Å². The summed E-state index contributed by atoms with van der Waals surface area (Å²) >= 11 is 0. The number of benzene rings is 1. The number of pyridine rings is 1. The van der Waals surface area contributed by atoms with E-state index in [9.17, 15) is 26.4 Å². The number of alkyl halides is 3. The van der Waals surface area contributed by atoms with E-state index in [0.717, 1.165) is 38.2 Å². The monoisotopic (exact) mass is 470 g/mol. The van der Waals surface area contributed by atoms with Crippen LogP contribution in [0.15, 0.2) is 42.6 Å². The highest BCUT2D eigenvalue weighted by atomic mass is 32.2. The summed E-state index contributed by atoms with van der Waals surface area (Å²) in [6.07, 6.45) is -0.796. The Morgan fingerprint density at radius 1 is 1.16 bits per heavy atom. The Morgan fingerprint density at radius 3 is 2.50 bits per heavy atom. The van der Waals surface area contributed by atoms with Crippen LogP contribution in [0.4, 0.5) is 18.9 Å². The Labute approximate surface area is 184 Å². The molecule has 7 nitrogen and oxygen atoms in total. The van der Waals surface area contributed by atoms with Crippen LogP contribution >= 0.6 is 0 Å². The molecule has 1 aliphatic heterocycles. The van der Waals surface area contributed by atoms with Gasteiger partial charge in [0, 0.05) is 24.0 Å². The summed E-state index contributed by atoms with van der Waals surface area (Å²) in [6, 6.07) is 8.04. The number of hydrogen-bond donors (Lipinski definition) is 3. The molecule has 32 heavy (non-hydrogen) atoms. The standard InChI is InChI=1S/C21H25F3N4O3S/c22-21(23,24)19-8-3-16(13-26-19)14-27-20(29)17-4-6-18(7-5-17)28-32(30,31)11-9-15-2-1-10-25-12-15/h3-8,13,15,25,28H,1-2,9-12,14H2,(H,27,29). The minimum atomic E-state index is -4.52. The lowest BCUT2D eigenvalue weighted by molar-refractivity contribution is -0.141. The molecule has 3 rings (SSSR count). The number of anilines is 1. The van der Waals surface area contributed by atoms with Crippen LogP contribution in [0.2, 0.25) is 0 Å². The second kappa shape index (κ2) is 10.3. The summed E-state index contributed by atoms with van der Waals surface area (Å²) in [4.78, 5) is 15.6. The first-order valence-electron chi connectivity index (χ1n) is 10.2. The van der Waals surface area contributed by atoms with Crippen molar-refractivity contribution in [3.63, 3.8) is 0 Å². The van der Waals surface area contributed by atoms with Gasteiger partial charge in [-0.15, -0.1) is 0 Å². The topological polar surface area (TPSA) is 100 Å². The number of amides is 1. The number of carbonyl (C=O) groups excluding carboxylic acids is 1. The number of sulfonamides is 1. The lowest BCUT2D eigenvalue weighted by atomic mass is 9.97. The van der Waals surface area contributed by atoms with Gasteiger partial charge in [-0.25, -0.2) is 8.42 Å². The van der Waals surface area contributed by atoms with Crippen molar-refractivity contribution in [2.24, 2.45) is 5.92 Å². The Morgan fingerprint density at radius 2 is 1.91 bits per heavy atom. The Balaban J connectivity index is 1.49. The zero-order valence-electron chi connectivity index (χ0n) is 17.3. The van der Waals surface area contributed by atoms with E-state index in [1.165, 1.54) is 30.3 Å². The number of nitrogens with one attached hydrogen (secondary N) is 3. The molecule has 1 amide bonds. The molecule has 1 aliphatic rings. The maximum atomic E-state index is 12.5. The zero-order chi connectivity index (χ0) is 23.2. The minimum absolute atomic E-state index is 0.00831. The molecular weight excluding hydrogens is 445 g/mol. The van der Waals surface area contributed by atoms with Crippen molar-refractivity contribution in [3.8, 4) is 0 Å². The largest absolute Gasteiger partial charge is 0.433 e. The molecule has 11 heteroatoms. The van der Waals surface area contributed by atoms with Gasteiger partial charge in [0.15, 0.2) is 0 Å². The molecule has 0 saturated carbocycles. The van der Waals surface area contributed by atoms with Crippen LogP contribution in [0.5, 0.6) is 0 Å². The first-order chi connectivity index (χ1) is 15.1. The summed E-state index contributed by atoms with van der Waals surface area (Å²) in [5, 5.41) is 5.86. The van der Waals surface area contributed by atoms with E-state index in [2.05, 4.69) is 20.3 Å². The van der Waals surface area contributed by atoms with Gasteiger partial charge in [0.2, 0.25) is 10.0 Å². The highest BCUT2D eigenvalue weighted by molar-refractivity contribution is 7.92. The highest BCUT2D eigenvalue weighted by Gasteiger charge is 2.32. The molecule has 2 heterocycles. The highest BCUT2D eigenvalue weighted by Crippen LogP contribution is 2.27. The molecule has 0 radical (unpaired) electrons. The van der Waals surface area contributed by atoms with E-state index >= 15 is 0 Å². The molecule has 174 valence electrons. The summed E-state index contributed by atoms with van der Waals surface area (Å²) in [5.74, 6) is -0.0571. The summed E-state index contributed by atoms with van der Waals surface area (Å²) in [5.41, 5.74) is 0.0706. The van der Waals surface area contributed by atoms with Crippen molar-refractivity contribution in [2.45, 2.75) is 32.0 Å². The van der Waals surface area contributed by atoms with Crippen molar-refractivity contribution in [1.82, 2.24) is 15.6 Å². The van der Waals surface area contributed by atoms with E-state index in [4.69, 9.17) is 0 Å². The molecule has 0 aliphatic carbocycles. The summed E-state index contributed by atoms with van der Waals surface area (Å²) < 4.78 is 64.8. The number of piperidine rings is 1. The maximum absolute atomic E-state index is 12.5. The minimum Gasteiger partial charge on any atom is -0.348 e. The number of nitrogens with zero attached hydrogens (tertiary/aromatic N) is 1. The number of aromatic nitrogens is 1. The Hall–Kier alpha value is -2.66. The van der Waals surface area contributed by atoms with Gasteiger partial charge in [0.25, 0.3) is 5.91 Å². The van der Waals surface area contributed by atoms with Crippen LogP contribution in [-0.4, -0.2) is 38.2 Å². The normalized spacial score (nSPS) is 17.0. The molecule has 1 aromatic carbocycles. The zero-order valence-corrected chi connectivity index (χ0v) is 18.1. The third-order valence-electron chi connectivity index (χ3n) is 5.18. The number of halogens is 3. The predicted molar refractivity (Wildman–Crippen MR) is 114 cm³/mol. The van der Waals surface area contributed by atoms with E-state index in [-0.39, 0.29) is 12.3 Å². The second-order valence-electron chi connectivity index (χ2n) is 7.73. The van der Waals surface area contributed by atoms with Gasteiger partial charge in [-0.3, -0.25) is 14.5 Å². The van der Waals surface area contributed by atoms with Crippen molar-refractivity contribution in [3.05, 3.63) is 59.4 Å². The average Bonchev–Trinajstić information content (AvgIpc) is 2.77. The number of carbonyl (C=O) groups is 1.